The highest BCUT2D eigenvalue weighted by atomic mass is 35.5. The lowest BCUT2D eigenvalue weighted by Gasteiger charge is -2.37. The maximum absolute atomic E-state index is 12.6. The van der Waals surface area contributed by atoms with Gasteiger partial charge in [0.1, 0.15) is 0 Å². The first kappa shape index (κ1) is 17.8. The second kappa shape index (κ2) is 7.07. The molecule has 1 fully saturated rings. The summed E-state index contributed by atoms with van der Waals surface area (Å²) in [6.07, 6.45) is 2.85. The molecule has 0 radical (unpaired) electrons. The van der Waals surface area contributed by atoms with Crippen LogP contribution in [0.15, 0.2) is 41.6 Å². The average Bonchev–Trinajstić information content (AvgIpc) is 2.53. The van der Waals surface area contributed by atoms with E-state index in [1.165, 1.54) is 35.8 Å². The van der Waals surface area contributed by atoms with Crippen LogP contribution in [0, 0.1) is 5.92 Å². The molecule has 2 heterocycles. The van der Waals surface area contributed by atoms with Crippen LogP contribution < -0.4 is 4.74 Å². The van der Waals surface area contributed by atoms with Crippen LogP contribution in [0.25, 0.3) is 0 Å². The molecule has 0 spiro atoms. The molecule has 9 heteroatoms. The van der Waals surface area contributed by atoms with Crippen LogP contribution in [-0.2, 0) is 10.0 Å². The van der Waals surface area contributed by atoms with Crippen molar-refractivity contribution in [2.75, 3.05) is 19.7 Å². The Balaban J connectivity index is 1.59. The normalized spacial score (nSPS) is 15.6. The van der Waals surface area contributed by atoms with E-state index in [0.29, 0.717) is 31.1 Å². The molecule has 0 aliphatic carbocycles. The number of hydrogen-bond donors (Lipinski definition) is 0. The van der Waals surface area contributed by atoms with Gasteiger partial charge >= 0.3 is 0 Å². The topological polar surface area (TPSA) is 89.5 Å². The minimum Gasteiger partial charge on any atom is -0.476 e. The van der Waals surface area contributed by atoms with Crippen molar-refractivity contribution >= 4 is 27.4 Å². The zero-order valence-electron chi connectivity index (χ0n) is 13.4. The summed E-state index contributed by atoms with van der Waals surface area (Å²) in [4.78, 5) is 19.4. The number of hydrogen-bond acceptors (Lipinski definition) is 6. The number of ether oxygens (including phenoxy) is 1. The average molecular weight is 382 g/mol. The Hall–Kier alpha value is -2.03. The molecule has 1 saturated heterocycles. The van der Waals surface area contributed by atoms with Gasteiger partial charge in [-0.25, -0.2) is 8.42 Å². The van der Waals surface area contributed by atoms with Gasteiger partial charge in [0.15, 0.2) is 10.9 Å². The Morgan fingerprint density at radius 1 is 1.36 bits per heavy atom. The number of rotatable bonds is 6. The molecule has 0 bridgehead atoms. The Bertz CT molecular complexity index is 898. The van der Waals surface area contributed by atoms with Gasteiger partial charge in [-0.2, -0.15) is 9.29 Å². The van der Waals surface area contributed by atoms with Crippen LogP contribution in [0.5, 0.6) is 5.88 Å². The van der Waals surface area contributed by atoms with Gasteiger partial charge in [-0.05, 0) is 19.1 Å². The highest BCUT2D eigenvalue weighted by Crippen LogP contribution is 2.26. The first-order chi connectivity index (χ1) is 11.9. The summed E-state index contributed by atoms with van der Waals surface area (Å²) in [5, 5.41) is 0.237. The summed E-state index contributed by atoms with van der Waals surface area (Å²) >= 11 is 5.73. The molecule has 0 atom stereocenters. The van der Waals surface area contributed by atoms with E-state index in [2.05, 4.69) is 9.97 Å². The van der Waals surface area contributed by atoms with E-state index in [0.717, 1.165) is 0 Å². The van der Waals surface area contributed by atoms with Gasteiger partial charge in [-0.1, -0.05) is 23.7 Å². The fourth-order valence-corrected chi connectivity index (χ4v) is 4.23. The molecule has 2 aromatic rings. The molecule has 0 N–H and O–H groups in total. The zero-order chi connectivity index (χ0) is 18.0. The first-order valence-electron chi connectivity index (χ1n) is 7.58. The van der Waals surface area contributed by atoms with Gasteiger partial charge in [-0.15, -0.1) is 0 Å². The monoisotopic (exact) mass is 381 g/mol. The number of ketones is 1. The van der Waals surface area contributed by atoms with Crippen molar-refractivity contribution in [3.05, 3.63) is 47.4 Å². The molecule has 0 unspecified atom stereocenters. The van der Waals surface area contributed by atoms with E-state index in [1.54, 1.807) is 12.1 Å². The van der Waals surface area contributed by atoms with E-state index in [4.69, 9.17) is 16.3 Å². The number of aromatic nitrogens is 2. The summed E-state index contributed by atoms with van der Waals surface area (Å²) in [6, 6.07) is 6.07. The van der Waals surface area contributed by atoms with Crippen LogP contribution in [0.4, 0.5) is 0 Å². The SMILES string of the molecule is CC(=O)c1cccc(S(=O)(=O)N2CC(COc3cncc(Cl)n3)C2)c1. The highest BCUT2D eigenvalue weighted by molar-refractivity contribution is 7.89. The smallest absolute Gasteiger partial charge is 0.243 e. The van der Waals surface area contributed by atoms with Gasteiger partial charge in [0.2, 0.25) is 15.9 Å². The second-order valence-electron chi connectivity index (χ2n) is 5.76. The van der Waals surface area contributed by atoms with E-state index in [1.807, 2.05) is 0 Å². The molecule has 1 aromatic heterocycles. The lowest BCUT2D eigenvalue weighted by atomic mass is 10.1. The summed E-state index contributed by atoms with van der Waals surface area (Å²) in [5.74, 6) is 0.198. The molecule has 1 aliphatic heterocycles. The van der Waals surface area contributed by atoms with Crippen LogP contribution in [-0.4, -0.2) is 48.2 Å². The maximum atomic E-state index is 12.6. The number of nitrogens with zero attached hydrogens (tertiary/aromatic N) is 3. The van der Waals surface area contributed by atoms with Crippen LogP contribution in [0.3, 0.4) is 0 Å². The van der Waals surface area contributed by atoms with Crippen molar-refractivity contribution in [2.45, 2.75) is 11.8 Å². The third kappa shape index (κ3) is 3.97. The first-order valence-corrected chi connectivity index (χ1v) is 9.39. The number of halogens is 1. The Morgan fingerprint density at radius 2 is 2.12 bits per heavy atom. The van der Waals surface area contributed by atoms with Gasteiger partial charge in [-0.3, -0.25) is 9.78 Å². The van der Waals surface area contributed by atoms with Crippen LogP contribution in [0.1, 0.15) is 17.3 Å². The summed E-state index contributed by atoms with van der Waals surface area (Å²) < 4.78 is 32.0. The zero-order valence-corrected chi connectivity index (χ0v) is 15.0. The van der Waals surface area contributed by atoms with Crippen molar-refractivity contribution < 1.29 is 17.9 Å². The van der Waals surface area contributed by atoms with Gasteiger partial charge in [0, 0.05) is 24.6 Å². The summed E-state index contributed by atoms with van der Waals surface area (Å²) in [6.45, 7) is 2.43. The summed E-state index contributed by atoms with van der Waals surface area (Å²) in [7, 11) is -3.60. The molecule has 1 aromatic carbocycles. The van der Waals surface area contributed by atoms with E-state index in [9.17, 15) is 13.2 Å². The van der Waals surface area contributed by atoms with Gasteiger partial charge in [0.25, 0.3) is 0 Å². The maximum Gasteiger partial charge on any atom is 0.243 e. The molecule has 3 rings (SSSR count). The van der Waals surface area contributed by atoms with E-state index >= 15 is 0 Å². The Labute approximate surface area is 150 Å². The van der Waals surface area contributed by atoms with E-state index < -0.39 is 10.0 Å². The molecule has 0 saturated carbocycles. The molecule has 0 amide bonds. The molecular formula is C16H16ClN3O4S. The number of carbonyl (C=O) groups excluding carboxylic acids is 1. The van der Waals surface area contributed by atoms with Crippen molar-refractivity contribution in [2.24, 2.45) is 5.92 Å². The van der Waals surface area contributed by atoms with Crippen LogP contribution >= 0.6 is 11.6 Å². The molecular weight excluding hydrogens is 366 g/mol. The lowest BCUT2D eigenvalue weighted by Crippen LogP contribution is -2.51. The fraction of sp³-hybridized carbons (Fsp3) is 0.312. The van der Waals surface area contributed by atoms with Crippen molar-refractivity contribution in [1.29, 1.82) is 0 Å². The van der Waals surface area contributed by atoms with Crippen LogP contribution in [0.2, 0.25) is 5.15 Å². The quantitative estimate of drug-likeness (QED) is 0.711. The van der Waals surface area contributed by atoms with Crippen molar-refractivity contribution in [1.82, 2.24) is 14.3 Å². The number of sulfonamides is 1. The highest BCUT2D eigenvalue weighted by Gasteiger charge is 2.37. The van der Waals surface area contributed by atoms with Crippen molar-refractivity contribution in [3.63, 3.8) is 0 Å². The Kier molecular flexibility index (Phi) is 5.03. The molecule has 132 valence electrons. The number of Topliss-reactive ketones (excluding diaryl/α,β-unsaturated/α-hetero) is 1. The fourth-order valence-electron chi connectivity index (χ4n) is 2.45. The summed E-state index contributed by atoms with van der Waals surface area (Å²) in [5.41, 5.74) is 0.376. The third-order valence-electron chi connectivity index (χ3n) is 3.85. The minimum atomic E-state index is -3.60. The predicted octanol–water partition coefficient (Wildman–Crippen LogP) is 2.03. The lowest BCUT2D eigenvalue weighted by molar-refractivity contribution is 0.101. The standard InChI is InChI=1S/C16H16ClN3O4S/c1-11(21)13-3-2-4-14(5-13)25(22,23)20-8-12(9-20)10-24-16-7-18-6-15(17)19-16/h2-7,12H,8-10H2,1H3. The largest absolute Gasteiger partial charge is 0.476 e. The van der Waals surface area contributed by atoms with Gasteiger partial charge in [0.05, 0.1) is 23.9 Å². The Morgan fingerprint density at radius 3 is 2.80 bits per heavy atom. The predicted molar refractivity (Wildman–Crippen MR) is 91.2 cm³/mol. The molecule has 25 heavy (non-hydrogen) atoms. The number of carbonyl (C=O) groups is 1. The second-order valence-corrected chi connectivity index (χ2v) is 8.09. The van der Waals surface area contributed by atoms with Crippen molar-refractivity contribution in [3.8, 4) is 5.88 Å². The van der Waals surface area contributed by atoms with E-state index in [-0.39, 0.29) is 21.7 Å². The van der Waals surface area contributed by atoms with Gasteiger partial charge < -0.3 is 4.74 Å². The number of benzene rings is 1. The third-order valence-corrected chi connectivity index (χ3v) is 5.86. The molecule has 7 nitrogen and oxygen atoms in total. The molecule has 1 aliphatic rings. The minimum absolute atomic E-state index is 0.0616.